The quantitative estimate of drug-likeness (QED) is 0.517. The Balaban J connectivity index is 0.00000121. The lowest BCUT2D eigenvalue weighted by atomic mass is 10.0. The maximum atomic E-state index is 4.00. The van der Waals surface area contributed by atoms with Crippen molar-refractivity contribution in [2.75, 3.05) is 0 Å². The third-order valence-corrected chi connectivity index (χ3v) is 2.27. The van der Waals surface area contributed by atoms with E-state index in [2.05, 4.69) is 77.0 Å². The van der Waals surface area contributed by atoms with Crippen LogP contribution in [0.5, 0.6) is 0 Å². The summed E-state index contributed by atoms with van der Waals surface area (Å²) in [6.45, 7) is 8.56. The Morgan fingerprint density at radius 3 is 2.29 bits per heavy atom. The second-order valence-corrected chi connectivity index (χ2v) is 4.42. The van der Waals surface area contributed by atoms with Crippen molar-refractivity contribution < 1.29 is 0 Å². The Bertz CT molecular complexity index is 413. The summed E-state index contributed by atoms with van der Waals surface area (Å²) in [5, 5.41) is 0. The lowest BCUT2D eigenvalue weighted by Gasteiger charge is -2.02. The highest BCUT2D eigenvalue weighted by molar-refractivity contribution is 5.27. The second kappa shape index (κ2) is 8.42. The molecule has 0 saturated heterocycles. The highest BCUT2D eigenvalue weighted by Crippen LogP contribution is 2.10. The van der Waals surface area contributed by atoms with Crippen molar-refractivity contribution in [2.45, 2.75) is 34.1 Å². The van der Waals surface area contributed by atoms with Gasteiger partial charge in [-0.2, -0.15) is 0 Å². The fraction of sp³-hybridized carbons (Fsp3) is 0.294. The van der Waals surface area contributed by atoms with Gasteiger partial charge in [-0.1, -0.05) is 53.1 Å². The summed E-state index contributed by atoms with van der Waals surface area (Å²) in [6.07, 6.45) is 13.4. The first-order valence-corrected chi connectivity index (χ1v) is 5.77. The van der Waals surface area contributed by atoms with Crippen molar-refractivity contribution in [1.82, 2.24) is 0 Å². The first-order chi connectivity index (χ1) is 8.08. The zero-order chi connectivity index (χ0) is 13.3. The summed E-state index contributed by atoms with van der Waals surface area (Å²) >= 11 is 0. The van der Waals surface area contributed by atoms with Crippen LogP contribution in [0.25, 0.3) is 0 Å². The molecule has 1 rings (SSSR count). The minimum Gasteiger partial charge on any atom is -0.124 e. The molecule has 1 aromatic carbocycles. The number of rotatable bonds is 3. The SMILES string of the molecule is C#C.CC(C)=C/C=C(\C)Cc1cccc(C)c1. The Morgan fingerprint density at radius 1 is 1.12 bits per heavy atom. The molecule has 0 heterocycles. The highest BCUT2D eigenvalue weighted by atomic mass is 14.0. The van der Waals surface area contributed by atoms with E-state index in [4.69, 9.17) is 0 Å². The molecule has 0 bridgehead atoms. The average Bonchev–Trinajstić information content (AvgIpc) is 2.29. The van der Waals surface area contributed by atoms with Gasteiger partial charge in [0.15, 0.2) is 0 Å². The van der Waals surface area contributed by atoms with Crippen LogP contribution < -0.4 is 0 Å². The fourth-order valence-corrected chi connectivity index (χ4v) is 1.51. The van der Waals surface area contributed by atoms with E-state index in [-0.39, 0.29) is 0 Å². The van der Waals surface area contributed by atoms with Crippen molar-refractivity contribution >= 4 is 0 Å². The maximum Gasteiger partial charge on any atom is -0.00667 e. The van der Waals surface area contributed by atoms with Crippen LogP contribution in [-0.4, -0.2) is 0 Å². The molecule has 0 aromatic heterocycles. The minimum atomic E-state index is 1.05. The Labute approximate surface area is 106 Å². The number of allylic oxidation sites excluding steroid dienone is 4. The summed E-state index contributed by atoms with van der Waals surface area (Å²) in [7, 11) is 0. The van der Waals surface area contributed by atoms with Crippen molar-refractivity contribution in [3.8, 4) is 12.8 Å². The molecule has 0 nitrogen and oxygen atoms in total. The summed E-state index contributed by atoms with van der Waals surface area (Å²) in [6, 6.07) is 8.70. The van der Waals surface area contributed by atoms with E-state index in [1.54, 1.807) is 0 Å². The zero-order valence-corrected chi connectivity index (χ0v) is 11.3. The first-order valence-electron chi connectivity index (χ1n) is 5.77. The van der Waals surface area contributed by atoms with E-state index in [0.717, 1.165) is 6.42 Å². The molecule has 0 amide bonds. The van der Waals surface area contributed by atoms with Gasteiger partial charge in [0.1, 0.15) is 0 Å². The molecule has 0 aliphatic rings. The normalized spacial score (nSPS) is 10.1. The van der Waals surface area contributed by atoms with Gasteiger partial charge in [-0.25, -0.2) is 0 Å². The molecule has 0 atom stereocenters. The van der Waals surface area contributed by atoms with E-state index in [1.165, 1.54) is 22.3 Å². The molecule has 0 heteroatoms. The second-order valence-electron chi connectivity index (χ2n) is 4.42. The molecule has 0 N–H and O–H groups in total. The van der Waals surface area contributed by atoms with Gasteiger partial charge in [0.05, 0.1) is 0 Å². The van der Waals surface area contributed by atoms with E-state index in [1.807, 2.05) is 0 Å². The molecule has 0 saturated carbocycles. The molecule has 0 unspecified atom stereocenters. The Hall–Kier alpha value is -1.74. The lowest BCUT2D eigenvalue weighted by molar-refractivity contribution is 1.13. The molecule has 0 aliphatic carbocycles. The summed E-state index contributed by atoms with van der Waals surface area (Å²) in [4.78, 5) is 0. The van der Waals surface area contributed by atoms with Crippen LogP contribution in [0.15, 0.2) is 47.6 Å². The van der Waals surface area contributed by atoms with Crippen LogP contribution in [0.2, 0.25) is 0 Å². The third kappa shape index (κ3) is 7.19. The molecule has 17 heavy (non-hydrogen) atoms. The smallest absolute Gasteiger partial charge is 0.00667 e. The van der Waals surface area contributed by atoms with Crippen molar-refractivity contribution in [2.24, 2.45) is 0 Å². The van der Waals surface area contributed by atoms with Crippen LogP contribution in [0.3, 0.4) is 0 Å². The standard InChI is InChI=1S/C15H20.C2H2/c1-12(2)8-9-14(4)11-15-7-5-6-13(3)10-15;1-2/h5-10H,11H2,1-4H3;1-2H/b14-9+;. The van der Waals surface area contributed by atoms with Crippen LogP contribution in [0.4, 0.5) is 0 Å². The third-order valence-electron chi connectivity index (χ3n) is 2.27. The highest BCUT2D eigenvalue weighted by Gasteiger charge is 1.94. The topological polar surface area (TPSA) is 0 Å². The summed E-state index contributed by atoms with van der Waals surface area (Å²) in [5.74, 6) is 0. The van der Waals surface area contributed by atoms with Gasteiger partial charge in [0.2, 0.25) is 0 Å². The molecule has 0 fully saturated rings. The van der Waals surface area contributed by atoms with Crippen LogP contribution >= 0.6 is 0 Å². The van der Waals surface area contributed by atoms with Crippen LogP contribution in [0, 0.1) is 19.8 Å². The van der Waals surface area contributed by atoms with Gasteiger partial charge in [-0.05, 0) is 39.7 Å². The molecule has 90 valence electrons. The predicted octanol–water partition coefficient (Wildman–Crippen LogP) is 4.70. The van der Waals surface area contributed by atoms with E-state index >= 15 is 0 Å². The minimum absolute atomic E-state index is 1.05. The molecular formula is C17H22. The Kier molecular flexibility index (Phi) is 7.55. The summed E-state index contributed by atoms with van der Waals surface area (Å²) < 4.78 is 0. The molecule has 0 spiro atoms. The maximum absolute atomic E-state index is 4.00. The average molecular weight is 226 g/mol. The monoisotopic (exact) mass is 226 g/mol. The van der Waals surface area contributed by atoms with Gasteiger partial charge in [0.25, 0.3) is 0 Å². The number of hydrogen-bond donors (Lipinski definition) is 0. The van der Waals surface area contributed by atoms with Crippen LogP contribution in [0.1, 0.15) is 31.9 Å². The van der Waals surface area contributed by atoms with Gasteiger partial charge in [0, 0.05) is 0 Å². The van der Waals surface area contributed by atoms with E-state index in [9.17, 15) is 0 Å². The first kappa shape index (κ1) is 15.3. The van der Waals surface area contributed by atoms with Crippen LogP contribution in [-0.2, 0) is 6.42 Å². The number of aryl methyl sites for hydroxylation is 1. The molecular weight excluding hydrogens is 204 g/mol. The van der Waals surface area contributed by atoms with Gasteiger partial charge < -0.3 is 0 Å². The lowest BCUT2D eigenvalue weighted by Crippen LogP contribution is -1.87. The summed E-state index contributed by atoms with van der Waals surface area (Å²) in [5.41, 5.74) is 5.48. The van der Waals surface area contributed by atoms with Crippen molar-refractivity contribution in [1.29, 1.82) is 0 Å². The predicted molar refractivity (Wildman–Crippen MR) is 78.0 cm³/mol. The van der Waals surface area contributed by atoms with Crippen molar-refractivity contribution in [3.05, 3.63) is 58.7 Å². The number of terminal acetylenes is 1. The fourth-order valence-electron chi connectivity index (χ4n) is 1.51. The van der Waals surface area contributed by atoms with E-state index < -0.39 is 0 Å². The number of hydrogen-bond acceptors (Lipinski definition) is 0. The molecule has 0 aliphatic heterocycles. The molecule has 0 radical (unpaired) electrons. The Morgan fingerprint density at radius 2 is 1.76 bits per heavy atom. The van der Waals surface area contributed by atoms with Gasteiger partial charge >= 0.3 is 0 Å². The number of benzene rings is 1. The van der Waals surface area contributed by atoms with Crippen molar-refractivity contribution in [3.63, 3.8) is 0 Å². The van der Waals surface area contributed by atoms with Gasteiger partial charge in [-0.3, -0.25) is 0 Å². The largest absolute Gasteiger partial charge is 0.124 e. The molecule has 1 aromatic rings. The van der Waals surface area contributed by atoms with Gasteiger partial charge in [-0.15, -0.1) is 12.8 Å². The zero-order valence-electron chi connectivity index (χ0n) is 11.3. The van der Waals surface area contributed by atoms with E-state index in [0.29, 0.717) is 0 Å².